The molecule has 134 valence electrons. The highest BCUT2D eigenvalue weighted by Gasteiger charge is 2.23. The number of nitrogens with zero attached hydrogens (tertiary/aromatic N) is 1. The van der Waals surface area contributed by atoms with E-state index in [2.05, 4.69) is 5.32 Å². The third-order valence-corrected chi connectivity index (χ3v) is 5.88. The van der Waals surface area contributed by atoms with Gasteiger partial charge in [0.15, 0.2) is 0 Å². The van der Waals surface area contributed by atoms with Crippen molar-refractivity contribution in [1.29, 1.82) is 0 Å². The van der Waals surface area contributed by atoms with Gasteiger partial charge in [0.05, 0.1) is 12.8 Å². The zero-order chi connectivity index (χ0) is 17.6. The summed E-state index contributed by atoms with van der Waals surface area (Å²) in [5, 5.41) is 3.48. The van der Waals surface area contributed by atoms with Crippen LogP contribution in [-0.2, 0) is 21.4 Å². The molecule has 1 fully saturated rings. The number of rotatable bonds is 6. The molecule has 1 saturated carbocycles. The number of amides is 1. The molecule has 24 heavy (non-hydrogen) atoms. The van der Waals surface area contributed by atoms with Crippen LogP contribution in [-0.4, -0.2) is 37.5 Å². The number of halogens is 1. The van der Waals surface area contributed by atoms with Gasteiger partial charge in [0.25, 0.3) is 0 Å². The minimum atomic E-state index is -3.51. The number of benzene rings is 1. The smallest absolute Gasteiger partial charge is 0.235 e. The standard InChI is InChI=1S/C17H25ClN2O3S/c1-24(22,23)20(12-14-8-6-7-11-16(14)18)13-17(21)19-15-9-4-2-3-5-10-15/h6-8,11,15H,2-5,9-10,12-13H2,1H3,(H,19,21). The lowest BCUT2D eigenvalue weighted by molar-refractivity contribution is -0.122. The molecule has 1 aliphatic carbocycles. The Morgan fingerprint density at radius 2 is 1.83 bits per heavy atom. The van der Waals surface area contributed by atoms with E-state index in [-0.39, 0.29) is 25.0 Å². The SMILES string of the molecule is CS(=O)(=O)N(CC(=O)NC1CCCCCC1)Cc1ccccc1Cl. The van der Waals surface area contributed by atoms with Crippen LogP contribution in [0.4, 0.5) is 0 Å². The average molecular weight is 373 g/mol. The van der Waals surface area contributed by atoms with Gasteiger partial charge in [-0.25, -0.2) is 8.42 Å². The predicted molar refractivity (Wildman–Crippen MR) is 96.3 cm³/mol. The van der Waals surface area contributed by atoms with Crippen molar-refractivity contribution in [3.8, 4) is 0 Å². The van der Waals surface area contributed by atoms with Crippen molar-refractivity contribution >= 4 is 27.5 Å². The third kappa shape index (κ3) is 6.07. The van der Waals surface area contributed by atoms with Crippen molar-refractivity contribution < 1.29 is 13.2 Å². The second kappa shape index (κ2) is 8.83. The second-order valence-corrected chi connectivity index (χ2v) is 8.77. The van der Waals surface area contributed by atoms with Crippen molar-refractivity contribution in [3.63, 3.8) is 0 Å². The highest BCUT2D eigenvalue weighted by molar-refractivity contribution is 7.88. The Morgan fingerprint density at radius 3 is 2.42 bits per heavy atom. The first-order valence-electron chi connectivity index (χ1n) is 8.34. The monoisotopic (exact) mass is 372 g/mol. The van der Waals surface area contributed by atoms with Crippen molar-refractivity contribution in [1.82, 2.24) is 9.62 Å². The van der Waals surface area contributed by atoms with E-state index in [0.717, 1.165) is 31.9 Å². The number of carbonyl (C=O) groups is 1. The number of nitrogens with one attached hydrogen (secondary N) is 1. The fourth-order valence-corrected chi connectivity index (χ4v) is 3.89. The first-order chi connectivity index (χ1) is 11.4. The largest absolute Gasteiger partial charge is 0.352 e. The molecule has 0 radical (unpaired) electrons. The maximum atomic E-state index is 12.3. The van der Waals surface area contributed by atoms with E-state index in [0.29, 0.717) is 10.6 Å². The summed E-state index contributed by atoms with van der Waals surface area (Å²) in [6, 6.07) is 7.22. The average Bonchev–Trinajstić information content (AvgIpc) is 2.76. The molecular weight excluding hydrogens is 348 g/mol. The van der Waals surface area contributed by atoms with E-state index in [1.807, 2.05) is 0 Å². The Balaban J connectivity index is 2.00. The van der Waals surface area contributed by atoms with Crippen LogP contribution >= 0.6 is 11.6 Å². The van der Waals surface area contributed by atoms with Gasteiger partial charge in [-0.15, -0.1) is 0 Å². The summed E-state index contributed by atoms with van der Waals surface area (Å²) >= 11 is 6.11. The van der Waals surface area contributed by atoms with Crippen molar-refractivity contribution in [2.45, 2.75) is 51.1 Å². The van der Waals surface area contributed by atoms with Gasteiger partial charge in [0, 0.05) is 17.6 Å². The van der Waals surface area contributed by atoms with Crippen LogP contribution in [0.3, 0.4) is 0 Å². The van der Waals surface area contributed by atoms with Crippen molar-refractivity contribution in [2.24, 2.45) is 0 Å². The molecule has 0 unspecified atom stereocenters. The molecule has 5 nitrogen and oxygen atoms in total. The molecule has 0 atom stereocenters. The van der Waals surface area contributed by atoms with E-state index >= 15 is 0 Å². The maximum Gasteiger partial charge on any atom is 0.235 e. The number of hydrogen-bond acceptors (Lipinski definition) is 3. The van der Waals surface area contributed by atoms with Crippen LogP contribution < -0.4 is 5.32 Å². The zero-order valence-corrected chi connectivity index (χ0v) is 15.6. The fraction of sp³-hybridized carbons (Fsp3) is 0.588. The van der Waals surface area contributed by atoms with Gasteiger partial charge in [-0.1, -0.05) is 55.5 Å². The minimum Gasteiger partial charge on any atom is -0.352 e. The Bertz CT molecular complexity index is 656. The molecule has 7 heteroatoms. The maximum absolute atomic E-state index is 12.3. The fourth-order valence-electron chi connectivity index (χ4n) is 2.96. The van der Waals surface area contributed by atoms with Crippen LogP contribution in [0.15, 0.2) is 24.3 Å². The normalized spacial score (nSPS) is 16.8. The Labute approximate surface area is 149 Å². The summed E-state index contributed by atoms with van der Waals surface area (Å²) in [6.07, 6.45) is 7.68. The summed E-state index contributed by atoms with van der Waals surface area (Å²) in [6.45, 7) is -0.0862. The Morgan fingerprint density at radius 1 is 1.21 bits per heavy atom. The summed E-state index contributed by atoms with van der Waals surface area (Å²) in [5.41, 5.74) is 0.687. The third-order valence-electron chi connectivity index (χ3n) is 4.31. The van der Waals surface area contributed by atoms with Crippen LogP contribution in [0.1, 0.15) is 44.1 Å². The summed E-state index contributed by atoms with van der Waals surface area (Å²) in [5.74, 6) is -0.251. The van der Waals surface area contributed by atoms with Crippen LogP contribution in [0.5, 0.6) is 0 Å². The molecule has 2 rings (SSSR count). The van der Waals surface area contributed by atoms with Crippen LogP contribution in [0, 0.1) is 0 Å². The van der Waals surface area contributed by atoms with Crippen molar-refractivity contribution in [3.05, 3.63) is 34.9 Å². The molecule has 0 bridgehead atoms. The zero-order valence-electron chi connectivity index (χ0n) is 14.0. The van der Waals surface area contributed by atoms with E-state index in [1.54, 1.807) is 24.3 Å². The van der Waals surface area contributed by atoms with E-state index < -0.39 is 10.0 Å². The number of sulfonamides is 1. The van der Waals surface area contributed by atoms with Gasteiger partial charge in [-0.05, 0) is 24.5 Å². The lowest BCUT2D eigenvalue weighted by atomic mass is 10.1. The Kier molecular flexibility index (Phi) is 7.07. The van der Waals surface area contributed by atoms with Gasteiger partial charge < -0.3 is 5.32 Å². The molecule has 1 amide bonds. The van der Waals surface area contributed by atoms with E-state index in [4.69, 9.17) is 11.6 Å². The molecule has 1 aromatic rings. The van der Waals surface area contributed by atoms with E-state index in [9.17, 15) is 13.2 Å². The van der Waals surface area contributed by atoms with Gasteiger partial charge in [0.2, 0.25) is 15.9 Å². The first-order valence-corrected chi connectivity index (χ1v) is 10.6. The van der Waals surface area contributed by atoms with Crippen molar-refractivity contribution in [2.75, 3.05) is 12.8 Å². The molecule has 0 aromatic heterocycles. The topological polar surface area (TPSA) is 66.5 Å². The molecule has 0 aliphatic heterocycles. The molecule has 1 N–H and O–H groups in total. The van der Waals surface area contributed by atoms with Gasteiger partial charge in [-0.3, -0.25) is 4.79 Å². The first kappa shape index (κ1) is 19.2. The Hall–Kier alpha value is -1.11. The summed E-state index contributed by atoms with van der Waals surface area (Å²) in [4.78, 5) is 12.3. The van der Waals surface area contributed by atoms with Crippen LogP contribution in [0.25, 0.3) is 0 Å². The molecule has 0 saturated heterocycles. The second-order valence-electron chi connectivity index (χ2n) is 6.38. The molecule has 0 spiro atoms. The van der Waals surface area contributed by atoms with Gasteiger partial charge in [-0.2, -0.15) is 4.31 Å². The lowest BCUT2D eigenvalue weighted by Gasteiger charge is -2.22. The number of hydrogen-bond donors (Lipinski definition) is 1. The summed E-state index contributed by atoms with van der Waals surface area (Å²) < 4.78 is 25.2. The van der Waals surface area contributed by atoms with E-state index in [1.165, 1.54) is 17.1 Å². The highest BCUT2D eigenvalue weighted by Crippen LogP contribution is 2.19. The lowest BCUT2D eigenvalue weighted by Crippen LogP contribution is -2.43. The molecule has 0 heterocycles. The van der Waals surface area contributed by atoms with Gasteiger partial charge >= 0.3 is 0 Å². The predicted octanol–water partition coefficient (Wildman–Crippen LogP) is 2.94. The highest BCUT2D eigenvalue weighted by atomic mass is 35.5. The molecular formula is C17H25ClN2O3S. The minimum absolute atomic E-state index is 0.0938. The summed E-state index contributed by atoms with van der Waals surface area (Å²) in [7, 11) is -3.51. The van der Waals surface area contributed by atoms with Crippen LogP contribution in [0.2, 0.25) is 5.02 Å². The molecule has 1 aromatic carbocycles. The number of carbonyl (C=O) groups excluding carboxylic acids is 1. The molecule has 1 aliphatic rings. The quantitative estimate of drug-likeness (QED) is 0.780. The van der Waals surface area contributed by atoms with Gasteiger partial charge in [0.1, 0.15) is 0 Å².